The molecule has 1 aromatic carbocycles. The van der Waals surface area contributed by atoms with Crippen molar-refractivity contribution >= 4 is 11.6 Å². The van der Waals surface area contributed by atoms with Crippen LogP contribution in [0.1, 0.15) is 38.2 Å². The molecule has 0 bridgehead atoms. The van der Waals surface area contributed by atoms with E-state index in [0.29, 0.717) is 5.41 Å². The molecule has 7 heteroatoms. The van der Waals surface area contributed by atoms with Crippen LogP contribution in [0.15, 0.2) is 24.3 Å². The number of hydrogen-bond acceptors (Lipinski definition) is 3. The third kappa shape index (κ3) is 4.20. The van der Waals surface area contributed by atoms with Crippen LogP contribution in [0.5, 0.6) is 0 Å². The molecule has 26 heavy (non-hydrogen) atoms. The Bertz CT molecular complexity index is 632. The standard InChI is InChI=1S/C19H25F3N2O2/c1-14(24-10-6-18(7-11-24)8-12-26-13-9-18)17(25)23-16-5-3-2-4-15(16)19(20,21)22/h2-5,14H,6-13H2,1H3,(H,23,25). The summed E-state index contributed by atoms with van der Waals surface area (Å²) in [6, 6.07) is 4.62. The number of halogens is 3. The first-order valence-electron chi connectivity index (χ1n) is 9.10. The number of para-hydroxylation sites is 1. The lowest BCUT2D eigenvalue weighted by atomic mass is 9.72. The summed E-state index contributed by atoms with van der Waals surface area (Å²) in [7, 11) is 0. The van der Waals surface area contributed by atoms with E-state index >= 15 is 0 Å². The molecule has 2 fully saturated rings. The maximum absolute atomic E-state index is 13.1. The van der Waals surface area contributed by atoms with E-state index in [9.17, 15) is 18.0 Å². The summed E-state index contributed by atoms with van der Waals surface area (Å²) < 4.78 is 44.7. The van der Waals surface area contributed by atoms with Gasteiger partial charge in [-0.15, -0.1) is 0 Å². The quantitative estimate of drug-likeness (QED) is 0.877. The summed E-state index contributed by atoms with van der Waals surface area (Å²) in [4.78, 5) is 14.6. The minimum absolute atomic E-state index is 0.185. The SMILES string of the molecule is CC(C(=O)Nc1ccccc1C(F)(F)F)N1CCC2(CCOCC2)CC1. The van der Waals surface area contributed by atoms with Gasteiger partial charge in [0.2, 0.25) is 5.91 Å². The van der Waals surface area contributed by atoms with Crippen LogP contribution < -0.4 is 5.32 Å². The molecule has 0 aromatic heterocycles. The van der Waals surface area contributed by atoms with Gasteiger partial charge in [0.1, 0.15) is 0 Å². The molecule has 144 valence electrons. The summed E-state index contributed by atoms with van der Waals surface area (Å²) in [5.74, 6) is -0.398. The lowest BCUT2D eigenvalue weighted by molar-refractivity contribution is -0.137. The highest BCUT2D eigenvalue weighted by atomic mass is 19.4. The molecule has 1 spiro atoms. The van der Waals surface area contributed by atoms with Gasteiger partial charge in [0.15, 0.2) is 0 Å². The number of alkyl halides is 3. The van der Waals surface area contributed by atoms with Gasteiger partial charge in [-0.2, -0.15) is 13.2 Å². The first kappa shape index (κ1) is 19.2. The van der Waals surface area contributed by atoms with E-state index in [2.05, 4.69) is 10.2 Å². The fourth-order valence-corrected chi connectivity index (χ4v) is 3.93. The second kappa shape index (κ2) is 7.56. The molecule has 2 heterocycles. The first-order chi connectivity index (χ1) is 12.3. The number of nitrogens with zero attached hydrogens (tertiary/aromatic N) is 1. The third-order valence-electron chi connectivity index (χ3n) is 5.83. The minimum atomic E-state index is -4.49. The Kier molecular flexibility index (Phi) is 5.58. The number of rotatable bonds is 3. The molecular weight excluding hydrogens is 345 g/mol. The molecular formula is C19H25F3N2O2. The number of nitrogens with one attached hydrogen (secondary N) is 1. The monoisotopic (exact) mass is 370 g/mol. The Morgan fingerprint density at radius 3 is 2.38 bits per heavy atom. The predicted molar refractivity (Wildman–Crippen MR) is 92.8 cm³/mol. The molecule has 1 N–H and O–H groups in total. The summed E-state index contributed by atoms with van der Waals surface area (Å²) in [5, 5.41) is 2.46. The van der Waals surface area contributed by atoms with Gasteiger partial charge < -0.3 is 10.1 Å². The van der Waals surface area contributed by atoms with Crippen molar-refractivity contribution < 1.29 is 22.7 Å². The number of ether oxygens (including phenoxy) is 1. The number of anilines is 1. The fourth-order valence-electron chi connectivity index (χ4n) is 3.93. The number of carbonyl (C=O) groups is 1. The van der Waals surface area contributed by atoms with Gasteiger partial charge in [-0.1, -0.05) is 12.1 Å². The van der Waals surface area contributed by atoms with Crippen molar-refractivity contribution in [2.45, 2.75) is 44.8 Å². The molecule has 1 unspecified atom stereocenters. The molecule has 1 amide bonds. The topological polar surface area (TPSA) is 41.6 Å². The average Bonchev–Trinajstić information content (AvgIpc) is 2.62. The zero-order chi connectivity index (χ0) is 18.8. The van der Waals surface area contributed by atoms with Gasteiger partial charge in [-0.3, -0.25) is 9.69 Å². The van der Waals surface area contributed by atoms with Gasteiger partial charge in [-0.05, 0) is 63.2 Å². The average molecular weight is 370 g/mol. The Morgan fingerprint density at radius 2 is 1.77 bits per heavy atom. The van der Waals surface area contributed by atoms with Crippen molar-refractivity contribution in [1.82, 2.24) is 4.90 Å². The van der Waals surface area contributed by atoms with Gasteiger partial charge >= 0.3 is 6.18 Å². The van der Waals surface area contributed by atoms with Crippen molar-refractivity contribution in [2.24, 2.45) is 5.41 Å². The lowest BCUT2D eigenvalue weighted by Gasteiger charge is -2.45. The molecule has 0 aliphatic carbocycles. The van der Waals surface area contributed by atoms with E-state index in [1.54, 1.807) is 6.92 Å². The highest BCUT2D eigenvalue weighted by molar-refractivity contribution is 5.95. The fraction of sp³-hybridized carbons (Fsp3) is 0.632. The van der Waals surface area contributed by atoms with Gasteiger partial charge in [0.05, 0.1) is 17.3 Å². The molecule has 1 aromatic rings. The second-order valence-corrected chi connectivity index (χ2v) is 7.36. The van der Waals surface area contributed by atoms with Crippen molar-refractivity contribution in [3.05, 3.63) is 29.8 Å². The van der Waals surface area contributed by atoms with Crippen LogP contribution in [-0.4, -0.2) is 43.2 Å². The van der Waals surface area contributed by atoms with Crippen LogP contribution in [0.3, 0.4) is 0 Å². The van der Waals surface area contributed by atoms with Crippen LogP contribution in [0, 0.1) is 5.41 Å². The number of piperidine rings is 1. The summed E-state index contributed by atoms with van der Waals surface area (Å²) in [6.07, 6.45) is -0.366. The summed E-state index contributed by atoms with van der Waals surface area (Å²) in [5.41, 5.74) is -0.691. The smallest absolute Gasteiger partial charge is 0.381 e. The maximum Gasteiger partial charge on any atom is 0.418 e. The molecule has 2 aliphatic heterocycles. The number of amides is 1. The molecule has 3 rings (SSSR count). The van der Waals surface area contributed by atoms with Crippen LogP contribution >= 0.6 is 0 Å². The predicted octanol–water partition coefficient (Wildman–Crippen LogP) is 3.93. The molecule has 2 saturated heterocycles. The van der Waals surface area contributed by atoms with Crippen LogP contribution in [0.2, 0.25) is 0 Å². The zero-order valence-corrected chi connectivity index (χ0v) is 14.9. The van der Waals surface area contributed by atoms with E-state index in [1.165, 1.54) is 18.2 Å². The van der Waals surface area contributed by atoms with E-state index in [-0.39, 0.29) is 5.69 Å². The van der Waals surface area contributed by atoms with Crippen LogP contribution in [0.4, 0.5) is 18.9 Å². The summed E-state index contributed by atoms with van der Waals surface area (Å²) >= 11 is 0. The first-order valence-corrected chi connectivity index (χ1v) is 9.10. The summed E-state index contributed by atoms with van der Waals surface area (Å²) in [6.45, 7) is 4.92. The van der Waals surface area contributed by atoms with E-state index < -0.39 is 23.7 Å². The number of carbonyl (C=O) groups excluding carboxylic acids is 1. The highest BCUT2D eigenvalue weighted by Gasteiger charge is 2.38. The number of benzene rings is 1. The van der Waals surface area contributed by atoms with Crippen molar-refractivity contribution in [3.63, 3.8) is 0 Å². The number of hydrogen-bond donors (Lipinski definition) is 1. The zero-order valence-electron chi connectivity index (χ0n) is 14.9. The van der Waals surface area contributed by atoms with E-state index in [0.717, 1.165) is 58.1 Å². The largest absolute Gasteiger partial charge is 0.418 e. The normalized spacial score (nSPS) is 22.2. The molecule has 0 radical (unpaired) electrons. The Balaban J connectivity index is 1.61. The van der Waals surface area contributed by atoms with Crippen LogP contribution in [0.25, 0.3) is 0 Å². The molecule has 2 aliphatic rings. The van der Waals surface area contributed by atoms with E-state index in [4.69, 9.17) is 4.74 Å². The van der Waals surface area contributed by atoms with Crippen molar-refractivity contribution in [2.75, 3.05) is 31.6 Å². The van der Waals surface area contributed by atoms with Crippen molar-refractivity contribution in [3.8, 4) is 0 Å². The molecule has 0 saturated carbocycles. The minimum Gasteiger partial charge on any atom is -0.381 e. The third-order valence-corrected chi connectivity index (χ3v) is 5.83. The number of likely N-dealkylation sites (tertiary alicyclic amines) is 1. The molecule has 1 atom stereocenters. The maximum atomic E-state index is 13.1. The van der Waals surface area contributed by atoms with Gasteiger partial charge in [-0.25, -0.2) is 0 Å². The van der Waals surface area contributed by atoms with Crippen molar-refractivity contribution in [1.29, 1.82) is 0 Å². The highest BCUT2D eigenvalue weighted by Crippen LogP contribution is 2.41. The van der Waals surface area contributed by atoms with Crippen LogP contribution in [-0.2, 0) is 15.7 Å². The van der Waals surface area contributed by atoms with E-state index in [1.807, 2.05) is 0 Å². The lowest BCUT2D eigenvalue weighted by Crippen LogP contribution is -2.49. The Morgan fingerprint density at radius 1 is 1.15 bits per heavy atom. The van der Waals surface area contributed by atoms with Gasteiger partial charge in [0, 0.05) is 13.2 Å². The molecule has 4 nitrogen and oxygen atoms in total. The Labute approximate surface area is 151 Å². The second-order valence-electron chi connectivity index (χ2n) is 7.36. The Hall–Kier alpha value is -1.60. The van der Waals surface area contributed by atoms with Gasteiger partial charge in [0.25, 0.3) is 0 Å².